The standard InChI is InChI=1S/C18H13F2NO4/c19-18(20)25-15-4-2-1-3-11(15)5-7-14(22)12-6-8-16-13(9-12)21-17(23)10-24-16/h1-9,18H,10H2,(H,21,23)/b7-5+. The van der Waals surface area contributed by atoms with Gasteiger partial charge in [-0.1, -0.05) is 18.2 Å². The Labute approximate surface area is 141 Å². The molecule has 5 nitrogen and oxygen atoms in total. The van der Waals surface area contributed by atoms with Crippen molar-refractivity contribution in [1.29, 1.82) is 0 Å². The van der Waals surface area contributed by atoms with E-state index in [0.717, 1.165) is 0 Å². The molecule has 3 rings (SSSR count). The van der Waals surface area contributed by atoms with E-state index in [1.807, 2.05) is 0 Å². The number of nitrogens with one attached hydrogen (secondary N) is 1. The highest BCUT2D eigenvalue weighted by Crippen LogP contribution is 2.29. The Hall–Kier alpha value is -3.22. The maximum absolute atomic E-state index is 12.4. The summed E-state index contributed by atoms with van der Waals surface area (Å²) in [5.41, 5.74) is 1.09. The van der Waals surface area contributed by atoms with Gasteiger partial charge in [-0.25, -0.2) is 0 Å². The van der Waals surface area contributed by atoms with E-state index >= 15 is 0 Å². The Kier molecular flexibility index (Phi) is 4.74. The lowest BCUT2D eigenvalue weighted by atomic mass is 10.1. The van der Waals surface area contributed by atoms with Gasteiger partial charge < -0.3 is 14.8 Å². The number of rotatable bonds is 5. The summed E-state index contributed by atoms with van der Waals surface area (Å²) in [6, 6.07) is 10.8. The average Bonchev–Trinajstić information content (AvgIpc) is 2.59. The fraction of sp³-hybridized carbons (Fsp3) is 0.111. The van der Waals surface area contributed by atoms with Crippen LogP contribution in [0.5, 0.6) is 11.5 Å². The number of allylic oxidation sites excluding steroid dienone is 1. The topological polar surface area (TPSA) is 64.6 Å². The van der Waals surface area contributed by atoms with Gasteiger partial charge >= 0.3 is 6.61 Å². The summed E-state index contributed by atoms with van der Waals surface area (Å²) in [6.45, 7) is -3.02. The first-order chi connectivity index (χ1) is 12.0. The number of fused-ring (bicyclic) bond motifs is 1. The molecular weight excluding hydrogens is 332 g/mol. The van der Waals surface area contributed by atoms with E-state index < -0.39 is 6.61 Å². The Balaban J connectivity index is 1.80. The van der Waals surface area contributed by atoms with Gasteiger partial charge in [0.2, 0.25) is 0 Å². The number of para-hydroxylation sites is 1. The molecule has 0 saturated heterocycles. The van der Waals surface area contributed by atoms with Crippen molar-refractivity contribution in [3.8, 4) is 11.5 Å². The van der Waals surface area contributed by atoms with Crippen molar-refractivity contribution in [1.82, 2.24) is 0 Å². The summed E-state index contributed by atoms with van der Waals surface area (Å²) >= 11 is 0. The SMILES string of the molecule is O=C1COc2ccc(C(=O)/C=C/c3ccccc3OC(F)F)cc2N1. The molecule has 1 N–H and O–H groups in total. The molecule has 0 saturated carbocycles. The zero-order valence-electron chi connectivity index (χ0n) is 12.9. The molecule has 0 atom stereocenters. The van der Waals surface area contributed by atoms with Crippen molar-refractivity contribution >= 4 is 23.5 Å². The van der Waals surface area contributed by atoms with Gasteiger partial charge in [0.05, 0.1) is 5.69 Å². The molecule has 1 aliphatic rings. The normalized spacial score (nSPS) is 13.3. The number of anilines is 1. The lowest BCUT2D eigenvalue weighted by molar-refractivity contribution is -0.118. The van der Waals surface area contributed by atoms with E-state index in [1.54, 1.807) is 30.3 Å². The van der Waals surface area contributed by atoms with Gasteiger partial charge in [-0.3, -0.25) is 9.59 Å². The van der Waals surface area contributed by atoms with Crippen molar-refractivity contribution in [3.05, 3.63) is 59.7 Å². The second-order valence-electron chi connectivity index (χ2n) is 5.16. The summed E-state index contributed by atoms with van der Waals surface area (Å²) in [5, 5.41) is 2.62. The van der Waals surface area contributed by atoms with E-state index in [1.165, 1.54) is 24.3 Å². The van der Waals surface area contributed by atoms with Crippen LogP contribution < -0.4 is 14.8 Å². The average molecular weight is 345 g/mol. The molecule has 7 heteroatoms. The van der Waals surface area contributed by atoms with Crippen molar-refractivity contribution < 1.29 is 27.8 Å². The summed E-state index contributed by atoms with van der Waals surface area (Å²) in [4.78, 5) is 23.6. The number of benzene rings is 2. The maximum Gasteiger partial charge on any atom is 0.387 e. The Bertz CT molecular complexity index is 849. The van der Waals surface area contributed by atoms with Crippen molar-refractivity contribution in [2.75, 3.05) is 11.9 Å². The largest absolute Gasteiger partial charge is 0.482 e. The van der Waals surface area contributed by atoms with E-state index in [9.17, 15) is 18.4 Å². The summed E-state index contributed by atoms with van der Waals surface area (Å²) in [7, 11) is 0. The number of hydrogen-bond acceptors (Lipinski definition) is 4. The number of alkyl halides is 2. The van der Waals surface area contributed by atoms with Crippen LogP contribution in [-0.4, -0.2) is 24.9 Å². The second kappa shape index (κ2) is 7.12. The molecule has 0 radical (unpaired) electrons. The van der Waals surface area contributed by atoms with Crippen LogP contribution in [0.4, 0.5) is 14.5 Å². The van der Waals surface area contributed by atoms with Crippen molar-refractivity contribution in [3.63, 3.8) is 0 Å². The van der Waals surface area contributed by atoms with E-state index in [4.69, 9.17) is 4.74 Å². The fourth-order valence-corrected chi connectivity index (χ4v) is 2.32. The van der Waals surface area contributed by atoms with Gasteiger partial charge in [-0.05, 0) is 36.4 Å². The molecule has 0 unspecified atom stereocenters. The highest BCUT2D eigenvalue weighted by atomic mass is 19.3. The molecule has 0 aromatic heterocycles. The molecule has 0 fully saturated rings. The summed E-state index contributed by atoms with van der Waals surface area (Å²) in [5.74, 6) is -0.191. The molecule has 0 aliphatic carbocycles. The van der Waals surface area contributed by atoms with Gasteiger partial charge in [0, 0.05) is 11.1 Å². The van der Waals surface area contributed by atoms with Crippen LogP contribution in [0.25, 0.3) is 6.08 Å². The molecule has 1 aliphatic heterocycles. The predicted octanol–water partition coefficient (Wildman–Crippen LogP) is 3.52. The van der Waals surface area contributed by atoms with Gasteiger partial charge in [-0.15, -0.1) is 0 Å². The molecule has 128 valence electrons. The predicted molar refractivity (Wildman–Crippen MR) is 87.0 cm³/mol. The third-order valence-electron chi connectivity index (χ3n) is 3.45. The smallest absolute Gasteiger partial charge is 0.387 e. The Morgan fingerprint density at radius 2 is 2.04 bits per heavy atom. The monoisotopic (exact) mass is 345 g/mol. The van der Waals surface area contributed by atoms with Gasteiger partial charge in [0.1, 0.15) is 11.5 Å². The quantitative estimate of drug-likeness (QED) is 0.665. The third-order valence-corrected chi connectivity index (χ3v) is 3.45. The minimum Gasteiger partial charge on any atom is -0.482 e. The summed E-state index contributed by atoms with van der Waals surface area (Å²) in [6.07, 6.45) is 2.65. The van der Waals surface area contributed by atoms with Gasteiger partial charge in [0.15, 0.2) is 12.4 Å². The molecule has 2 aromatic carbocycles. The van der Waals surface area contributed by atoms with Crippen molar-refractivity contribution in [2.45, 2.75) is 6.61 Å². The number of ketones is 1. The first-order valence-corrected chi connectivity index (χ1v) is 7.36. The lowest BCUT2D eigenvalue weighted by Gasteiger charge is -2.18. The van der Waals surface area contributed by atoms with Crippen LogP contribution >= 0.6 is 0 Å². The first kappa shape index (κ1) is 16.6. The van der Waals surface area contributed by atoms with Crippen LogP contribution in [0.3, 0.4) is 0 Å². The number of amides is 1. The number of halogens is 2. The molecule has 1 amide bonds. The number of ether oxygens (including phenoxy) is 2. The first-order valence-electron chi connectivity index (χ1n) is 7.36. The highest BCUT2D eigenvalue weighted by Gasteiger charge is 2.17. The molecule has 2 aromatic rings. The highest BCUT2D eigenvalue weighted by molar-refractivity contribution is 6.08. The zero-order valence-corrected chi connectivity index (χ0v) is 12.9. The number of hydrogen-bond donors (Lipinski definition) is 1. The summed E-state index contributed by atoms with van der Waals surface area (Å²) < 4.78 is 34.4. The van der Waals surface area contributed by atoms with Crippen molar-refractivity contribution in [2.24, 2.45) is 0 Å². The fourth-order valence-electron chi connectivity index (χ4n) is 2.32. The van der Waals surface area contributed by atoms with Crippen LogP contribution in [0.15, 0.2) is 48.5 Å². The van der Waals surface area contributed by atoms with E-state index in [0.29, 0.717) is 22.6 Å². The molecular formula is C18H13F2NO4. The molecule has 0 bridgehead atoms. The van der Waals surface area contributed by atoms with Crippen LogP contribution in [0, 0.1) is 0 Å². The molecule has 1 heterocycles. The molecule has 0 spiro atoms. The zero-order chi connectivity index (χ0) is 17.8. The number of carbonyl (C=O) groups excluding carboxylic acids is 2. The third kappa shape index (κ3) is 4.00. The van der Waals surface area contributed by atoms with Crippen LogP contribution in [-0.2, 0) is 4.79 Å². The van der Waals surface area contributed by atoms with Gasteiger partial charge in [0.25, 0.3) is 5.91 Å². The van der Waals surface area contributed by atoms with Gasteiger partial charge in [-0.2, -0.15) is 8.78 Å². The van der Waals surface area contributed by atoms with E-state index in [2.05, 4.69) is 10.1 Å². The Morgan fingerprint density at radius 3 is 2.84 bits per heavy atom. The minimum absolute atomic E-state index is 0.0207. The maximum atomic E-state index is 12.4. The van der Waals surface area contributed by atoms with Crippen LogP contribution in [0.1, 0.15) is 15.9 Å². The van der Waals surface area contributed by atoms with E-state index in [-0.39, 0.29) is 24.0 Å². The Morgan fingerprint density at radius 1 is 1.24 bits per heavy atom. The lowest BCUT2D eigenvalue weighted by Crippen LogP contribution is -2.25. The van der Waals surface area contributed by atoms with Crippen LogP contribution in [0.2, 0.25) is 0 Å². The molecule has 25 heavy (non-hydrogen) atoms. The second-order valence-corrected chi connectivity index (χ2v) is 5.16. The number of carbonyl (C=O) groups is 2. The minimum atomic E-state index is -2.95.